The van der Waals surface area contributed by atoms with Crippen molar-refractivity contribution < 1.29 is 9.59 Å². The highest BCUT2D eigenvalue weighted by Gasteiger charge is 2.45. The van der Waals surface area contributed by atoms with Crippen molar-refractivity contribution in [3.63, 3.8) is 0 Å². The number of hydrogen-bond acceptors (Lipinski definition) is 4. The summed E-state index contributed by atoms with van der Waals surface area (Å²) >= 11 is 0. The normalized spacial score (nSPS) is 19.5. The highest BCUT2D eigenvalue weighted by Crippen LogP contribution is 2.37. The Kier molecular flexibility index (Phi) is 6.13. The fourth-order valence-electron chi connectivity index (χ4n) is 4.72. The van der Waals surface area contributed by atoms with E-state index in [4.69, 9.17) is 0 Å². The molecule has 3 heterocycles. The molecule has 1 aromatic carbocycles. The summed E-state index contributed by atoms with van der Waals surface area (Å²) in [4.78, 5) is 36.3. The molecule has 30 heavy (non-hydrogen) atoms. The molecule has 6 heteroatoms. The first-order valence-corrected chi connectivity index (χ1v) is 10.8. The fraction of sp³-hybridized carbons (Fsp3) is 0.458. The van der Waals surface area contributed by atoms with Gasteiger partial charge < -0.3 is 9.80 Å². The minimum atomic E-state index is -0.531. The van der Waals surface area contributed by atoms with E-state index in [1.807, 2.05) is 52.4 Å². The second-order valence-electron chi connectivity index (χ2n) is 8.34. The number of pyridine rings is 1. The van der Waals surface area contributed by atoms with Crippen LogP contribution in [0.1, 0.15) is 31.0 Å². The van der Waals surface area contributed by atoms with E-state index >= 15 is 0 Å². The predicted molar refractivity (Wildman–Crippen MR) is 116 cm³/mol. The number of amides is 2. The van der Waals surface area contributed by atoms with Crippen LogP contribution in [-0.2, 0) is 21.5 Å². The minimum Gasteiger partial charge on any atom is -0.343 e. The maximum Gasteiger partial charge on any atom is 0.233 e. The molecule has 2 amide bonds. The Morgan fingerprint density at radius 1 is 0.867 bits per heavy atom. The van der Waals surface area contributed by atoms with Gasteiger partial charge in [0.05, 0.1) is 11.1 Å². The van der Waals surface area contributed by atoms with Gasteiger partial charge in [0.15, 0.2) is 0 Å². The van der Waals surface area contributed by atoms with Crippen molar-refractivity contribution in [2.24, 2.45) is 0 Å². The lowest BCUT2D eigenvalue weighted by Gasteiger charge is -2.45. The van der Waals surface area contributed by atoms with Crippen molar-refractivity contribution in [2.45, 2.75) is 31.7 Å². The van der Waals surface area contributed by atoms with Crippen LogP contribution < -0.4 is 0 Å². The molecule has 0 saturated carbocycles. The number of carbonyl (C=O) groups is 2. The van der Waals surface area contributed by atoms with Crippen LogP contribution >= 0.6 is 0 Å². The van der Waals surface area contributed by atoms with Gasteiger partial charge in [0.1, 0.15) is 0 Å². The Morgan fingerprint density at radius 3 is 2.13 bits per heavy atom. The molecule has 2 fully saturated rings. The molecule has 0 atom stereocenters. The summed E-state index contributed by atoms with van der Waals surface area (Å²) in [7, 11) is 0. The zero-order valence-corrected chi connectivity index (χ0v) is 17.7. The molecular weight excluding hydrogens is 376 g/mol. The van der Waals surface area contributed by atoms with Crippen LogP contribution in [0, 0.1) is 0 Å². The van der Waals surface area contributed by atoms with E-state index in [1.54, 1.807) is 6.92 Å². The molecule has 0 radical (unpaired) electrons. The second kappa shape index (κ2) is 8.96. The van der Waals surface area contributed by atoms with E-state index in [0.29, 0.717) is 25.9 Å². The summed E-state index contributed by atoms with van der Waals surface area (Å²) in [5, 5.41) is 0. The summed E-state index contributed by atoms with van der Waals surface area (Å²) < 4.78 is 0. The second-order valence-corrected chi connectivity index (χ2v) is 8.34. The molecule has 2 saturated heterocycles. The van der Waals surface area contributed by atoms with Crippen LogP contribution in [-0.4, -0.2) is 70.8 Å². The van der Waals surface area contributed by atoms with Crippen LogP contribution in [0.4, 0.5) is 0 Å². The first-order valence-electron chi connectivity index (χ1n) is 10.8. The topological polar surface area (TPSA) is 56.8 Å². The molecule has 2 aliphatic heterocycles. The van der Waals surface area contributed by atoms with E-state index in [0.717, 1.165) is 44.0 Å². The molecule has 0 N–H and O–H groups in total. The number of piperazine rings is 1. The van der Waals surface area contributed by atoms with Crippen LogP contribution in [0.5, 0.6) is 0 Å². The third-order valence-electron chi connectivity index (χ3n) is 6.57. The number of carbonyl (C=O) groups excluding carboxylic acids is 2. The predicted octanol–water partition coefficient (Wildman–Crippen LogP) is 2.31. The van der Waals surface area contributed by atoms with Gasteiger partial charge in [0, 0.05) is 58.9 Å². The monoisotopic (exact) mass is 406 g/mol. The number of likely N-dealkylation sites (tertiary alicyclic amines) is 1. The molecule has 2 aliphatic rings. The lowest BCUT2D eigenvalue weighted by atomic mass is 9.71. The third kappa shape index (κ3) is 4.24. The lowest BCUT2D eigenvalue weighted by molar-refractivity contribution is -0.144. The van der Waals surface area contributed by atoms with Crippen molar-refractivity contribution in [1.29, 1.82) is 0 Å². The van der Waals surface area contributed by atoms with Gasteiger partial charge >= 0.3 is 0 Å². The fourth-order valence-corrected chi connectivity index (χ4v) is 4.72. The van der Waals surface area contributed by atoms with Gasteiger partial charge in [-0.2, -0.15) is 0 Å². The Labute approximate surface area is 178 Å². The van der Waals surface area contributed by atoms with Gasteiger partial charge in [0.2, 0.25) is 11.8 Å². The number of piperidine rings is 1. The van der Waals surface area contributed by atoms with Gasteiger partial charge in [-0.3, -0.25) is 19.5 Å². The molecular formula is C24H30N4O2. The van der Waals surface area contributed by atoms with Crippen LogP contribution in [0.25, 0.3) is 0 Å². The number of hydrogen-bond donors (Lipinski definition) is 0. The lowest BCUT2D eigenvalue weighted by Crippen LogP contribution is -2.57. The SMILES string of the molecule is CC(=O)N1CCC(C(=O)N2CCN(Cc3ccccn3)CC2)(c2ccccc2)CC1. The van der Waals surface area contributed by atoms with E-state index < -0.39 is 5.41 Å². The standard InChI is InChI=1S/C24H30N4O2/c1-20(29)27-13-10-24(11-14-27,21-7-3-2-4-8-21)23(30)28-17-15-26(16-18-28)19-22-9-5-6-12-25-22/h2-9,12H,10-11,13-19H2,1H3. The smallest absolute Gasteiger partial charge is 0.233 e. The van der Waals surface area contributed by atoms with E-state index in [2.05, 4.69) is 22.0 Å². The molecule has 0 unspecified atom stereocenters. The molecule has 2 aromatic rings. The van der Waals surface area contributed by atoms with E-state index in [-0.39, 0.29) is 11.8 Å². The summed E-state index contributed by atoms with van der Waals surface area (Å²) in [5.74, 6) is 0.307. The Hall–Kier alpha value is -2.73. The average molecular weight is 407 g/mol. The van der Waals surface area contributed by atoms with Gasteiger partial charge in [0.25, 0.3) is 0 Å². The maximum absolute atomic E-state index is 13.8. The van der Waals surface area contributed by atoms with E-state index in [1.165, 1.54) is 0 Å². The summed E-state index contributed by atoms with van der Waals surface area (Å²) in [6.07, 6.45) is 3.19. The van der Waals surface area contributed by atoms with Gasteiger partial charge in [-0.05, 0) is 30.5 Å². The van der Waals surface area contributed by atoms with Crippen molar-refractivity contribution in [3.05, 3.63) is 66.0 Å². The van der Waals surface area contributed by atoms with Crippen LogP contribution in [0.2, 0.25) is 0 Å². The largest absolute Gasteiger partial charge is 0.343 e. The molecule has 1 aromatic heterocycles. The summed E-state index contributed by atoms with van der Waals surface area (Å²) in [6.45, 7) is 6.87. The van der Waals surface area contributed by atoms with Crippen LogP contribution in [0.3, 0.4) is 0 Å². The van der Waals surface area contributed by atoms with Crippen molar-refractivity contribution in [2.75, 3.05) is 39.3 Å². The zero-order chi connectivity index (χ0) is 21.0. The van der Waals surface area contributed by atoms with Gasteiger partial charge in [-0.25, -0.2) is 0 Å². The average Bonchev–Trinajstić information content (AvgIpc) is 2.80. The number of rotatable bonds is 4. The number of benzene rings is 1. The van der Waals surface area contributed by atoms with Crippen molar-refractivity contribution in [3.8, 4) is 0 Å². The molecule has 6 nitrogen and oxygen atoms in total. The number of nitrogens with zero attached hydrogens (tertiary/aromatic N) is 4. The first kappa shape index (κ1) is 20.5. The molecule has 4 rings (SSSR count). The Morgan fingerprint density at radius 2 is 1.53 bits per heavy atom. The molecule has 0 bridgehead atoms. The highest BCUT2D eigenvalue weighted by molar-refractivity contribution is 5.89. The summed E-state index contributed by atoms with van der Waals surface area (Å²) in [6, 6.07) is 16.1. The highest BCUT2D eigenvalue weighted by atomic mass is 16.2. The molecule has 158 valence electrons. The quantitative estimate of drug-likeness (QED) is 0.782. The van der Waals surface area contributed by atoms with Crippen LogP contribution in [0.15, 0.2) is 54.7 Å². The van der Waals surface area contributed by atoms with Gasteiger partial charge in [-0.15, -0.1) is 0 Å². The van der Waals surface area contributed by atoms with Gasteiger partial charge in [-0.1, -0.05) is 36.4 Å². The Balaban J connectivity index is 1.46. The third-order valence-corrected chi connectivity index (χ3v) is 6.57. The molecule has 0 aliphatic carbocycles. The first-order chi connectivity index (χ1) is 14.6. The Bertz CT molecular complexity index is 855. The minimum absolute atomic E-state index is 0.0900. The van der Waals surface area contributed by atoms with Crippen molar-refractivity contribution >= 4 is 11.8 Å². The summed E-state index contributed by atoms with van der Waals surface area (Å²) in [5.41, 5.74) is 1.61. The van der Waals surface area contributed by atoms with Crippen molar-refractivity contribution in [1.82, 2.24) is 19.7 Å². The maximum atomic E-state index is 13.8. The molecule has 0 spiro atoms. The zero-order valence-electron chi connectivity index (χ0n) is 17.7. The number of aromatic nitrogens is 1. The van der Waals surface area contributed by atoms with E-state index in [9.17, 15) is 9.59 Å².